The third-order valence-electron chi connectivity index (χ3n) is 15.5. The molecule has 0 atom stereocenters. The van der Waals surface area contributed by atoms with Gasteiger partial charge in [0, 0.05) is 98.6 Å². The lowest BCUT2D eigenvalue weighted by atomic mass is 10.1. The molecule has 2 amide bonds. The van der Waals surface area contributed by atoms with Crippen molar-refractivity contribution < 1.29 is 26.4 Å². The number of thiophene rings is 2. The second kappa shape index (κ2) is 30.7. The number of hydrogen-bond donors (Lipinski definition) is 4. The lowest BCUT2D eigenvalue weighted by Crippen LogP contribution is -2.46. The van der Waals surface area contributed by atoms with Gasteiger partial charge >= 0.3 is 0 Å². The minimum atomic E-state index is -3.79. The molecule has 11 rings (SSSR count). The minimum Gasteiger partial charge on any atom is -0.283 e. The summed E-state index contributed by atoms with van der Waals surface area (Å²) in [6, 6.07) is 25.8. The molecule has 3 aromatic carbocycles. The van der Waals surface area contributed by atoms with Gasteiger partial charge in [0.2, 0.25) is 0 Å². The molecule has 4 fully saturated rings. The average molecular weight is 1360 g/mol. The molecular weight excluding hydrogens is 1290 g/mol. The number of benzene rings is 3. The molecule has 26 heteroatoms. The summed E-state index contributed by atoms with van der Waals surface area (Å²) in [7, 11) is -7.58. The summed E-state index contributed by atoms with van der Waals surface area (Å²) in [4.78, 5) is 30.9. The Bertz CT molecular complexity index is 4030. The second-order valence-corrected chi connectivity index (χ2v) is 29.4. The van der Waals surface area contributed by atoms with Gasteiger partial charge in [-0.1, -0.05) is 114 Å². The lowest BCUT2D eigenvalue weighted by Gasteiger charge is -2.27. The van der Waals surface area contributed by atoms with Crippen molar-refractivity contribution in [2.24, 2.45) is 0 Å². The number of unbranched alkanes of at least 4 members (excludes halogenated alkanes) is 1. The number of amides is 2. The zero-order chi connectivity index (χ0) is 62.7. The van der Waals surface area contributed by atoms with Crippen LogP contribution < -0.4 is 20.3 Å². The van der Waals surface area contributed by atoms with E-state index >= 15 is 0 Å². The van der Waals surface area contributed by atoms with Crippen LogP contribution in [0.2, 0.25) is 20.1 Å². The predicted molar refractivity (Wildman–Crippen MR) is 356 cm³/mol. The van der Waals surface area contributed by atoms with Crippen molar-refractivity contribution in [1.82, 2.24) is 58.5 Å². The molecule has 0 aliphatic carbocycles. The Labute approximate surface area is 549 Å². The third-order valence-corrected chi connectivity index (χ3v) is 21.7. The molecular formula is C63H70Cl4N12O6S4. The van der Waals surface area contributed by atoms with E-state index in [1.165, 1.54) is 31.3 Å². The standard InChI is InChI=1S/C33H34Cl2N6O3S2.C30H36Cl2N6O3S2/c1-23-7-9-24(10-8-23)11-13-26-14-16-30(45-26)32-27(22-36-46(43,44)40-19-5-6-20-40)31(33(42)38-39-17-3-2-4-18-39)37-41(32)29-15-12-25(34)21-28(29)35;1-2-3-6-11-23-13-15-27(42-23)29-24(21-33-43(40,41)37-18-9-5-10-19-37)28(30(39)35-36-16-7-4-8-17-36)34-38(29)26-14-12-22(31)20-25(26)32/h7-10,12,14-16,21,36H,2-6,17-20,22H2,1H3,(H,38,42);12-15,20,33H,2-5,7-10,16-19,21H2,1H3,(H,35,39). The highest BCUT2D eigenvalue weighted by atomic mass is 35.5. The number of aromatic nitrogens is 4. The molecule has 4 N–H and O–H groups in total. The Morgan fingerprint density at radius 2 is 0.944 bits per heavy atom. The van der Waals surface area contributed by atoms with Gasteiger partial charge in [-0.15, -0.1) is 22.7 Å². The van der Waals surface area contributed by atoms with E-state index < -0.39 is 32.2 Å². The first-order chi connectivity index (χ1) is 42.9. The molecule has 4 aliphatic rings. The lowest BCUT2D eigenvalue weighted by molar-refractivity contribution is 0.0736. The highest BCUT2D eigenvalue weighted by Gasteiger charge is 2.33. The number of nitrogens with zero attached hydrogens (tertiary/aromatic N) is 8. The maximum atomic E-state index is 13.9. The number of aryl methyl sites for hydroxylation is 1. The Hall–Kier alpha value is -5.64. The van der Waals surface area contributed by atoms with Crippen LogP contribution in [-0.4, -0.2) is 119 Å². The van der Waals surface area contributed by atoms with Crippen molar-refractivity contribution in [3.05, 3.63) is 148 Å². The fourth-order valence-corrected chi connectivity index (χ4v) is 16.1. The highest BCUT2D eigenvalue weighted by molar-refractivity contribution is 7.87. The number of carbonyl (C=O) groups is 2. The summed E-state index contributed by atoms with van der Waals surface area (Å²) in [5.74, 6) is 12.0. The average Bonchev–Trinajstić information content (AvgIpc) is 1.64. The Morgan fingerprint density at radius 3 is 1.37 bits per heavy atom. The summed E-state index contributed by atoms with van der Waals surface area (Å²) in [6.07, 6.45) is 12.2. The topological polar surface area (TPSA) is 199 Å². The summed E-state index contributed by atoms with van der Waals surface area (Å²) in [6.45, 7) is 8.62. The van der Waals surface area contributed by atoms with E-state index in [2.05, 4.69) is 50.9 Å². The molecule has 4 aliphatic heterocycles. The molecule has 4 aromatic heterocycles. The van der Waals surface area contributed by atoms with E-state index in [0.29, 0.717) is 80.2 Å². The molecule has 8 heterocycles. The molecule has 4 saturated heterocycles. The number of nitrogens with one attached hydrogen (secondary N) is 4. The van der Waals surface area contributed by atoms with E-state index in [-0.39, 0.29) is 24.5 Å². The summed E-state index contributed by atoms with van der Waals surface area (Å²) >= 11 is 28.7. The van der Waals surface area contributed by atoms with Crippen LogP contribution in [0.4, 0.5) is 0 Å². The zero-order valence-electron chi connectivity index (χ0n) is 49.5. The van der Waals surface area contributed by atoms with Crippen LogP contribution in [0.5, 0.6) is 0 Å². The van der Waals surface area contributed by atoms with Crippen LogP contribution in [-0.2, 0) is 33.5 Å². The van der Waals surface area contributed by atoms with Gasteiger partial charge < -0.3 is 0 Å². The Kier molecular flexibility index (Phi) is 22.8. The maximum absolute atomic E-state index is 13.9. The Morgan fingerprint density at radius 1 is 0.528 bits per heavy atom. The zero-order valence-corrected chi connectivity index (χ0v) is 55.8. The first kappa shape index (κ1) is 66.3. The van der Waals surface area contributed by atoms with Gasteiger partial charge in [-0.2, -0.15) is 45.1 Å². The molecule has 0 bridgehead atoms. The van der Waals surface area contributed by atoms with Crippen molar-refractivity contribution in [3.8, 4) is 56.2 Å². The van der Waals surface area contributed by atoms with Gasteiger partial charge in [0.1, 0.15) is 0 Å². The van der Waals surface area contributed by atoms with Crippen LogP contribution in [0.25, 0.3) is 32.5 Å². The van der Waals surface area contributed by atoms with Crippen LogP contribution in [0.3, 0.4) is 0 Å². The fourth-order valence-electron chi connectivity index (χ4n) is 10.8. The second-order valence-electron chi connectivity index (χ2n) is 22.1. The van der Waals surface area contributed by atoms with E-state index in [1.807, 2.05) is 65.5 Å². The number of hydrogen-bond acceptors (Lipinski definition) is 12. The number of rotatable bonds is 17. The van der Waals surface area contributed by atoms with E-state index in [1.54, 1.807) is 45.8 Å². The van der Waals surface area contributed by atoms with Gasteiger partial charge in [0.25, 0.3) is 32.2 Å². The van der Waals surface area contributed by atoms with Crippen molar-refractivity contribution in [2.75, 3.05) is 52.4 Å². The van der Waals surface area contributed by atoms with Gasteiger partial charge in [-0.25, -0.2) is 19.4 Å². The van der Waals surface area contributed by atoms with E-state index in [0.717, 1.165) is 140 Å². The predicted octanol–water partition coefficient (Wildman–Crippen LogP) is 12.2. The normalized spacial score (nSPS) is 16.2. The van der Waals surface area contributed by atoms with E-state index in [4.69, 9.17) is 56.6 Å². The number of piperidine rings is 3. The van der Waals surface area contributed by atoms with Crippen LogP contribution in [0.15, 0.2) is 84.9 Å². The number of hydrazine groups is 2. The van der Waals surface area contributed by atoms with Crippen molar-refractivity contribution in [2.45, 2.75) is 110 Å². The smallest absolute Gasteiger partial charge is 0.283 e. The Balaban J connectivity index is 0.000000197. The number of carbonyl (C=O) groups excluding carboxylic acids is 2. The van der Waals surface area contributed by atoms with Gasteiger partial charge in [0.15, 0.2) is 11.4 Å². The molecule has 470 valence electrons. The molecule has 7 aromatic rings. The molecule has 0 saturated carbocycles. The summed E-state index contributed by atoms with van der Waals surface area (Å²) < 4.78 is 64.9. The highest BCUT2D eigenvalue weighted by Crippen LogP contribution is 2.39. The molecule has 0 radical (unpaired) electrons. The van der Waals surface area contributed by atoms with Crippen LogP contribution in [0.1, 0.15) is 143 Å². The fraction of sp³-hybridized carbons (Fsp3) is 0.397. The van der Waals surface area contributed by atoms with E-state index in [9.17, 15) is 26.4 Å². The largest absolute Gasteiger partial charge is 0.286 e. The molecule has 18 nitrogen and oxygen atoms in total. The minimum absolute atomic E-state index is 0.108. The molecule has 0 spiro atoms. The molecule has 0 unspecified atom stereocenters. The van der Waals surface area contributed by atoms with Crippen LogP contribution in [0, 0.1) is 30.6 Å². The number of halogens is 4. The summed E-state index contributed by atoms with van der Waals surface area (Å²) in [5.41, 5.74) is 11.3. The monoisotopic (exact) mass is 1360 g/mol. The first-order valence-corrected chi connectivity index (χ1v) is 36.0. The molecule has 89 heavy (non-hydrogen) atoms. The van der Waals surface area contributed by atoms with Crippen molar-refractivity contribution in [1.29, 1.82) is 0 Å². The van der Waals surface area contributed by atoms with Crippen molar-refractivity contribution >= 4 is 101 Å². The third kappa shape index (κ3) is 16.9. The summed E-state index contributed by atoms with van der Waals surface area (Å²) in [5, 5.41) is 15.0. The SMILES string of the molecule is CCCC#Cc1ccc(-c2c(CNS(=O)(=O)N3CCCCC3)c(C(=O)NN3CCCCC3)nn2-c2ccc(Cl)cc2Cl)s1.Cc1ccc(C#Cc2ccc(-c3c(CNS(=O)(=O)N4CCCC4)c(C(=O)NN4CCCCC4)nn3-c3ccc(Cl)cc3Cl)s2)cc1. The van der Waals surface area contributed by atoms with Crippen LogP contribution >= 0.6 is 69.1 Å². The maximum Gasteiger partial charge on any atom is 0.286 e. The van der Waals surface area contributed by atoms with Gasteiger partial charge in [-0.3, -0.25) is 20.4 Å². The van der Waals surface area contributed by atoms with Crippen molar-refractivity contribution in [3.63, 3.8) is 0 Å². The quantitative estimate of drug-likeness (QED) is 0.0636. The van der Waals surface area contributed by atoms with Gasteiger partial charge in [0.05, 0.1) is 52.3 Å². The first-order valence-electron chi connectivity index (χ1n) is 30.0. The van der Waals surface area contributed by atoms with Gasteiger partial charge in [-0.05, 0) is 138 Å².